The number of fused-ring (bicyclic) bond motifs is 1. The largest absolute Gasteiger partial charge is 0.494 e. The summed E-state index contributed by atoms with van der Waals surface area (Å²) in [7, 11) is 3.65. The molecule has 0 bridgehead atoms. The first-order valence-electron chi connectivity index (χ1n) is 11.9. The zero-order chi connectivity index (χ0) is 27.2. The van der Waals surface area contributed by atoms with Crippen LogP contribution in [-0.4, -0.2) is 65.2 Å². The molecule has 1 atom stereocenters. The maximum absolute atomic E-state index is 12.5. The molecule has 3 N–H and O–H groups in total. The predicted molar refractivity (Wildman–Crippen MR) is 148 cm³/mol. The Bertz CT molecular complexity index is 1480. The van der Waals surface area contributed by atoms with Gasteiger partial charge in [-0.2, -0.15) is 0 Å². The molecular formula is C28H30N4O5S. The standard InChI is InChI=1S/C28H30N4O5S/c1-18-16-23-24(17-22(18)28(34)36-4)30-27(33)25(23)26(19-8-6-5-7-9-19)29-20-10-12-21(13-11-20)38(35)31-37-15-14-32(2)3/h5-13,16-17,30-31,33H,14-15H2,1-4H3. The van der Waals surface area contributed by atoms with Crippen LogP contribution in [0.25, 0.3) is 10.9 Å². The van der Waals surface area contributed by atoms with Crippen molar-refractivity contribution in [2.75, 3.05) is 34.4 Å². The highest BCUT2D eigenvalue weighted by Gasteiger charge is 2.21. The molecule has 0 saturated heterocycles. The first-order chi connectivity index (χ1) is 18.3. The van der Waals surface area contributed by atoms with Crippen LogP contribution in [-0.2, 0) is 20.6 Å². The van der Waals surface area contributed by atoms with Crippen molar-refractivity contribution < 1.29 is 23.7 Å². The summed E-state index contributed by atoms with van der Waals surface area (Å²) in [5.41, 5.74) is 4.15. The van der Waals surface area contributed by atoms with E-state index in [1.54, 1.807) is 30.3 Å². The quantitative estimate of drug-likeness (QED) is 0.121. The molecule has 0 spiro atoms. The van der Waals surface area contributed by atoms with Crippen molar-refractivity contribution >= 4 is 39.3 Å². The molecule has 0 amide bonds. The maximum atomic E-state index is 12.5. The highest BCUT2D eigenvalue weighted by atomic mass is 32.2. The van der Waals surface area contributed by atoms with Crippen LogP contribution in [0, 0.1) is 6.92 Å². The van der Waals surface area contributed by atoms with Crippen LogP contribution >= 0.6 is 0 Å². The highest BCUT2D eigenvalue weighted by molar-refractivity contribution is 7.82. The molecule has 1 aromatic heterocycles. The van der Waals surface area contributed by atoms with Gasteiger partial charge in [0.1, 0.15) is 11.0 Å². The molecule has 1 unspecified atom stereocenters. The van der Waals surface area contributed by atoms with Crippen LogP contribution < -0.4 is 4.89 Å². The Morgan fingerprint density at radius 1 is 1.11 bits per heavy atom. The molecule has 4 aromatic rings. The fourth-order valence-electron chi connectivity index (χ4n) is 3.91. The first-order valence-corrected chi connectivity index (χ1v) is 13.1. The Morgan fingerprint density at radius 2 is 1.82 bits per heavy atom. The van der Waals surface area contributed by atoms with Gasteiger partial charge in [0.15, 0.2) is 5.88 Å². The van der Waals surface area contributed by atoms with E-state index >= 15 is 0 Å². The molecule has 38 heavy (non-hydrogen) atoms. The summed E-state index contributed by atoms with van der Waals surface area (Å²) in [5.74, 6) is -0.520. The SMILES string of the molecule is COC(=O)c1cc2[nH]c(O)c(C(=Nc3ccc(S(=O)NOCCN(C)C)cc3)c3ccccc3)c2cc1C. The summed E-state index contributed by atoms with van der Waals surface area (Å²) in [6.45, 7) is 2.91. The van der Waals surface area contributed by atoms with Crippen LogP contribution in [0.2, 0.25) is 0 Å². The van der Waals surface area contributed by atoms with Gasteiger partial charge in [0.25, 0.3) is 0 Å². The minimum atomic E-state index is -1.54. The van der Waals surface area contributed by atoms with Gasteiger partial charge in [-0.25, -0.2) is 14.0 Å². The number of aromatic hydroxyl groups is 1. The van der Waals surface area contributed by atoms with E-state index < -0.39 is 17.0 Å². The average Bonchev–Trinajstić information content (AvgIpc) is 3.23. The number of aromatic nitrogens is 1. The zero-order valence-electron chi connectivity index (χ0n) is 21.6. The Morgan fingerprint density at radius 3 is 2.47 bits per heavy atom. The number of rotatable bonds is 10. The van der Waals surface area contributed by atoms with Gasteiger partial charge in [-0.05, 0) is 63.0 Å². The van der Waals surface area contributed by atoms with Crippen LogP contribution in [0.4, 0.5) is 5.69 Å². The minimum Gasteiger partial charge on any atom is -0.494 e. The normalized spacial score (nSPS) is 12.7. The second kappa shape index (κ2) is 12.1. The summed E-state index contributed by atoms with van der Waals surface area (Å²) in [4.78, 5) is 30.4. The van der Waals surface area contributed by atoms with E-state index in [0.29, 0.717) is 57.0 Å². The number of methoxy groups -OCH3 is 1. The molecule has 0 radical (unpaired) electrons. The van der Waals surface area contributed by atoms with Crippen molar-refractivity contribution in [3.05, 3.63) is 89.0 Å². The van der Waals surface area contributed by atoms with E-state index in [0.717, 1.165) is 5.56 Å². The second-order valence-corrected chi connectivity index (χ2v) is 10.1. The zero-order valence-corrected chi connectivity index (χ0v) is 22.5. The number of ether oxygens (including phenoxy) is 1. The van der Waals surface area contributed by atoms with Gasteiger partial charge >= 0.3 is 5.97 Å². The summed E-state index contributed by atoms with van der Waals surface area (Å²) >= 11 is 0. The Labute approximate surface area is 223 Å². The fraction of sp³-hybridized carbons (Fsp3) is 0.214. The Kier molecular flexibility index (Phi) is 8.70. The molecule has 0 aliphatic carbocycles. The monoisotopic (exact) mass is 534 g/mol. The van der Waals surface area contributed by atoms with Gasteiger partial charge in [0, 0.05) is 23.0 Å². The number of aliphatic imine (C=N–C) groups is 1. The maximum Gasteiger partial charge on any atom is 0.338 e. The van der Waals surface area contributed by atoms with Crippen molar-refractivity contribution in [2.45, 2.75) is 11.8 Å². The molecule has 10 heteroatoms. The number of benzene rings is 3. The first kappa shape index (κ1) is 27.2. The molecule has 3 aromatic carbocycles. The number of H-pyrrole nitrogens is 1. The Balaban J connectivity index is 1.71. The van der Waals surface area contributed by atoms with Crippen LogP contribution in [0.15, 0.2) is 76.6 Å². The Hall–Kier alpha value is -3.83. The van der Waals surface area contributed by atoms with Crippen molar-refractivity contribution in [3.8, 4) is 5.88 Å². The van der Waals surface area contributed by atoms with Gasteiger partial charge in [-0.1, -0.05) is 30.3 Å². The molecule has 0 fully saturated rings. The van der Waals surface area contributed by atoms with Gasteiger partial charge in [0.2, 0.25) is 0 Å². The lowest BCUT2D eigenvalue weighted by Gasteiger charge is -2.10. The van der Waals surface area contributed by atoms with E-state index in [4.69, 9.17) is 14.6 Å². The molecular weight excluding hydrogens is 504 g/mol. The van der Waals surface area contributed by atoms with Crippen LogP contribution in [0.1, 0.15) is 27.0 Å². The number of hydrogen-bond acceptors (Lipinski definition) is 7. The van der Waals surface area contributed by atoms with Gasteiger partial charge in [-0.3, -0.25) is 4.84 Å². The molecule has 0 aliphatic heterocycles. The molecule has 4 rings (SSSR count). The van der Waals surface area contributed by atoms with Crippen molar-refractivity contribution in [1.82, 2.24) is 14.8 Å². The van der Waals surface area contributed by atoms with Crippen LogP contribution in [0.5, 0.6) is 5.88 Å². The third-order valence-electron chi connectivity index (χ3n) is 5.88. The van der Waals surface area contributed by atoms with E-state index in [1.807, 2.05) is 62.3 Å². The molecule has 9 nitrogen and oxygen atoms in total. The number of nitrogens with zero attached hydrogens (tertiary/aromatic N) is 2. The number of aryl methyl sites for hydroxylation is 1. The number of carbonyl (C=O) groups excluding carboxylic acids is 1. The van der Waals surface area contributed by atoms with Crippen LogP contribution in [0.3, 0.4) is 0 Å². The van der Waals surface area contributed by atoms with Crippen molar-refractivity contribution in [2.24, 2.45) is 4.99 Å². The van der Waals surface area contributed by atoms with Crippen molar-refractivity contribution in [3.63, 3.8) is 0 Å². The molecule has 0 aliphatic rings. The highest BCUT2D eigenvalue weighted by Crippen LogP contribution is 2.33. The summed E-state index contributed by atoms with van der Waals surface area (Å²) in [6.07, 6.45) is 0. The summed E-state index contributed by atoms with van der Waals surface area (Å²) < 4.78 is 17.4. The lowest BCUT2D eigenvalue weighted by atomic mass is 9.98. The fourth-order valence-corrected chi connectivity index (χ4v) is 4.58. The average molecular weight is 535 g/mol. The number of carbonyl (C=O) groups is 1. The van der Waals surface area contributed by atoms with Gasteiger partial charge < -0.3 is 19.7 Å². The van der Waals surface area contributed by atoms with Crippen molar-refractivity contribution in [1.29, 1.82) is 0 Å². The summed E-state index contributed by atoms with van der Waals surface area (Å²) in [6, 6.07) is 19.9. The number of aromatic amines is 1. The molecule has 198 valence electrons. The van der Waals surface area contributed by atoms with E-state index in [1.165, 1.54) is 7.11 Å². The van der Waals surface area contributed by atoms with E-state index in [-0.39, 0.29) is 5.88 Å². The third kappa shape index (κ3) is 6.17. The number of hydrogen-bond donors (Lipinski definition) is 3. The lowest BCUT2D eigenvalue weighted by Crippen LogP contribution is -2.24. The second-order valence-electron chi connectivity index (χ2n) is 8.88. The van der Waals surface area contributed by atoms with Gasteiger partial charge in [-0.15, -0.1) is 4.89 Å². The molecule has 0 saturated carbocycles. The van der Waals surface area contributed by atoms with E-state index in [2.05, 4.69) is 9.87 Å². The smallest absolute Gasteiger partial charge is 0.338 e. The molecule has 1 heterocycles. The predicted octanol–water partition coefficient (Wildman–Crippen LogP) is 4.24. The third-order valence-corrected chi connectivity index (χ3v) is 6.85. The number of likely N-dealkylation sites (N-methyl/N-ethyl adjacent to an activating group) is 1. The van der Waals surface area contributed by atoms with E-state index in [9.17, 15) is 14.1 Å². The topological polar surface area (TPSA) is 116 Å². The minimum absolute atomic E-state index is 0.0687. The number of esters is 1. The van der Waals surface area contributed by atoms with Gasteiger partial charge in [0.05, 0.1) is 41.1 Å². The number of nitrogens with one attached hydrogen (secondary N) is 2. The summed E-state index contributed by atoms with van der Waals surface area (Å²) in [5, 5.41) is 11.7. The lowest BCUT2D eigenvalue weighted by molar-refractivity contribution is 0.0600.